The number of hydrogen-bond donors (Lipinski definition) is 2. The number of carbonyl (C=O) groups is 2. The topological polar surface area (TPSA) is 104 Å². The summed E-state index contributed by atoms with van der Waals surface area (Å²) in [5.41, 5.74) is 7.39. The number of amides is 2. The van der Waals surface area contributed by atoms with Gasteiger partial charge in [0.2, 0.25) is 0 Å². The molecule has 10 heteroatoms. The lowest BCUT2D eigenvalue weighted by Crippen LogP contribution is -2.17. The lowest BCUT2D eigenvalue weighted by molar-refractivity contribution is 0.100. The van der Waals surface area contributed by atoms with Crippen LogP contribution in [-0.4, -0.2) is 31.0 Å². The molecular formula is C25H21F2N3O4S. The normalized spacial score (nSPS) is 11.0. The molecule has 0 aliphatic carbocycles. The number of halogens is 2. The number of thiophene rings is 1. The van der Waals surface area contributed by atoms with Crippen molar-refractivity contribution in [2.24, 2.45) is 5.73 Å². The molecule has 0 aliphatic heterocycles. The van der Waals surface area contributed by atoms with Gasteiger partial charge in [0.15, 0.2) is 11.5 Å². The van der Waals surface area contributed by atoms with Gasteiger partial charge in [-0.2, -0.15) is 0 Å². The van der Waals surface area contributed by atoms with Crippen molar-refractivity contribution in [1.82, 2.24) is 4.98 Å². The number of aryl methyl sites for hydroxylation is 1. The summed E-state index contributed by atoms with van der Waals surface area (Å²) in [7, 11) is 2.84. The molecule has 2 aromatic carbocycles. The summed E-state index contributed by atoms with van der Waals surface area (Å²) in [6.45, 7) is 1.90. The van der Waals surface area contributed by atoms with Gasteiger partial charge >= 0.3 is 0 Å². The molecule has 180 valence electrons. The van der Waals surface area contributed by atoms with Crippen molar-refractivity contribution >= 4 is 39.1 Å². The molecule has 0 spiro atoms. The van der Waals surface area contributed by atoms with E-state index in [1.54, 1.807) is 24.3 Å². The van der Waals surface area contributed by atoms with E-state index in [2.05, 4.69) is 10.3 Å². The predicted molar refractivity (Wildman–Crippen MR) is 131 cm³/mol. The number of ether oxygens (including phenoxy) is 2. The van der Waals surface area contributed by atoms with Gasteiger partial charge in [-0.25, -0.2) is 13.8 Å². The average Bonchev–Trinajstić information content (AvgIpc) is 3.21. The molecule has 0 saturated heterocycles. The summed E-state index contributed by atoms with van der Waals surface area (Å²) in [4.78, 5) is 29.8. The van der Waals surface area contributed by atoms with Crippen LogP contribution in [0, 0.1) is 6.92 Å². The maximum atomic E-state index is 13.7. The first-order valence-corrected chi connectivity index (χ1v) is 11.2. The van der Waals surface area contributed by atoms with Gasteiger partial charge in [-0.05, 0) is 36.2 Å². The number of methoxy groups -OCH3 is 2. The second-order valence-electron chi connectivity index (χ2n) is 7.61. The second kappa shape index (κ2) is 9.67. The van der Waals surface area contributed by atoms with Gasteiger partial charge in [0.1, 0.15) is 15.4 Å². The van der Waals surface area contributed by atoms with Crippen molar-refractivity contribution in [2.45, 2.75) is 13.3 Å². The molecule has 0 bridgehead atoms. The van der Waals surface area contributed by atoms with Crippen molar-refractivity contribution in [3.05, 3.63) is 70.2 Å². The smallest absolute Gasteiger partial charge is 0.280 e. The summed E-state index contributed by atoms with van der Waals surface area (Å²) in [6.07, 6.45) is -2.83. The average molecular weight is 498 g/mol. The molecule has 0 fully saturated rings. The van der Waals surface area contributed by atoms with Crippen molar-refractivity contribution in [3.63, 3.8) is 0 Å². The van der Waals surface area contributed by atoms with Gasteiger partial charge in [0.05, 0.1) is 25.5 Å². The lowest BCUT2D eigenvalue weighted by Gasteiger charge is -2.14. The highest BCUT2D eigenvalue weighted by atomic mass is 32.1. The Kier molecular flexibility index (Phi) is 6.65. The Morgan fingerprint density at radius 2 is 1.80 bits per heavy atom. The standard InChI is InChI=1S/C25H21F2N3O4S/c1-12-7-9-13(10-8-12)15-11-16(22(26)27)29-25-18(15)19(21(35-25)23(28)31)30-24(32)14-5-4-6-17(33-2)20(14)34-3/h4-11,22H,1-3H3,(H2,28,31)(H,30,32). The molecule has 35 heavy (non-hydrogen) atoms. The van der Waals surface area contributed by atoms with Crippen LogP contribution in [0.4, 0.5) is 14.5 Å². The molecule has 4 aromatic rings. The van der Waals surface area contributed by atoms with E-state index in [4.69, 9.17) is 15.2 Å². The number of rotatable bonds is 7. The van der Waals surface area contributed by atoms with Crippen LogP contribution >= 0.6 is 11.3 Å². The van der Waals surface area contributed by atoms with Crippen molar-refractivity contribution in [3.8, 4) is 22.6 Å². The van der Waals surface area contributed by atoms with E-state index in [0.717, 1.165) is 16.9 Å². The number of carbonyl (C=O) groups excluding carboxylic acids is 2. The highest BCUT2D eigenvalue weighted by Crippen LogP contribution is 2.43. The minimum atomic E-state index is -2.83. The number of pyridine rings is 1. The minimum absolute atomic E-state index is 0.0116. The number of aromatic nitrogens is 1. The van der Waals surface area contributed by atoms with E-state index in [9.17, 15) is 18.4 Å². The number of nitrogens with zero attached hydrogens (tertiary/aromatic N) is 1. The van der Waals surface area contributed by atoms with E-state index in [-0.39, 0.29) is 26.7 Å². The highest BCUT2D eigenvalue weighted by Gasteiger charge is 2.26. The van der Waals surface area contributed by atoms with Gasteiger partial charge < -0.3 is 20.5 Å². The maximum Gasteiger partial charge on any atom is 0.280 e. The number of nitrogens with one attached hydrogen (secondary N) is 1. The number of benzene rings is 2. The molecule has 0 atom stereocenters. The van der Waals surface area contributed by atoms with Crippen LogP contribution in [0.1, 0.15) is 37.7 Å². The van der Waals surface area contributed by atoms with Crippen LogP contribution in [0.25, 0.3) is 21.3 Å². The second-order valence-corrected chi connectivity index (χ2v) is 8.61. The number of primary amides is 1. The molecule has 0 aliphatic rings. The molecular weight excluding hydrogens is 476 g/mol. The number of fused-ring (bicyclic) bond motifs is 1. The largest absolute Gasteiger partial charge is 0.493 e. The fraction of sp³-hybridized carbons (Fsp3) is 0.160. The molecule has 2 amide bonds. The Hall–Kier alpha value is -4.05. The number of anilines is 1. The summed E-state index contributed by atoms with van der Waals surface area (Å²) >= 11 is 0.841. The van der Waals surface area contributed by atoms with Crippen LogP contribution in [-0.2, 0) is 0 Å². The summed E-state index contributed by atoms with van der Waals surface area (Å²) in [6, 6.07) is 13.3. The fourth-order valence-corrected chi connectivity index (χ4v) is 4.74. The zero-order valence-corrected chi connectivity index (χ0v) is 19.8. The lowest BCUT2D eigenvalue weighted by atomic mass is 10.00. The number of hydrogen-bond acceptors (Lipinski definition) is 6. The van der Waals surface area contributed by atoms with Crippen LogP contribution in [0.2, 0.25) is 0 Å². The molecule has 3 N–H and O–H groups in total. The first-order valence-electron chi connectivity index (χ1n) is 10.4. The fourth-order valence-electron chi connectivity index (χ4n) is 3.73. The Morgan fingerprint density at radius 1 is 1.09 bits per heavy atom. The zero-order chi connectivity index (χ0) is 25.3. The Morgan fingerprint density at radius 3 is 2.40 bits per heavy atom. The summed E-state index contributed by atoms with van der Waals surface area (Å²) in [5.74, 6) is -0.885. The Balaban J connectivity index is 1.95. The van der Waals surface area contributed by atoms with E-state index in [0.29, 0.717) is 22.3 Å². The third-order valence-electron chi connectivity index (χ3n) is 5.38. The minimum Gasteiger partial charge on any atom is -0.493 e. The SMILES string of the molecule is COc1cccc(C(=O)Nc2c(C(N)=O)sc3nc(C(F)F)cc(-c4ccc(C)cc4)c23)c1OC. The number of alkyl halides is 2. The van der Waals surface area contributed by atoms with Crippen molar-refractivity contribution < 1.29 is 27.8 Å². The van der Waals surface area contributed by atoms with Crippen LogP contribution in [0.15, 0.2) is 48.5 Å². The van der Waals surface area contributed by atoms with Gasteiger partial charge in [-0.3, -0.25) is 9.59 Å². The van der Waals surface area contributed by atoms with Gasteiger partial charge in [-0.15, -0.1) is 11.3 Å². The molecule has 7 nitrogen and oxygen atoms in total. The molecule has 2 aromatic heterocycles. The first-order chi connectivity index (χ1) is 16.7. The van der Waals surface area contributed by atoms with E-state index < -0.39 is 23.9 Å². The molecule has 2 heterocycles. The Bertz CT molecular complexity index is 1440. The van der Waals surface area contributed by atoms with Gasteiger partial charge in [0.25, 0.3) is 18.2 Å². The van der Waals surface area contributed by atoms with Crippen molar-refractivity contribution in [2.75, 3.05) is 19.5 Å². The maximum absolute atomic E-state index is 13.7. The quantitative estimate of drug-likeness (QED) is 0.347. The van der Waals surface area contributed by atoms with Crippen molar-refractivity contribution in [1.29, 1.82) is 0 Å². The van der Waals surface area contributed by atoms with Gasteiger partial charge in [-0.1, -0.05) is 35.9 Å². The van der Waals surface area contributed by atoms with Crippen LogP contribution < -0.4 is 20.5 Å². The molecule has 0 unspecified atom stereocenters. The highest BCUT2D eigenvalue weighted by molar-refractivity contribution is 7.21. The van der Waals surface area contributed by atoms with E-state index >= 15 is 0 Å². The summed E-state index contributed by atoms with van der Waals surface area (Å²) < 4.78 is 37.9. The predicted octanol–water partition coefficient (Wildman–Crippen LogP) is 5.58. The first kappa shape index (κ1) is 24.1. The molecule has 0 saturated carbocycles. The van der Waals surface area contributed by atoms with Crippen LogP contribution in [0.3, 0.4) is 0 Å². The number of nitrogens with two attached hydrogens (primary N) is 1. The zero-order valence-electron chi connectivity index (χ0n) is 19.0. The monoisotopic (exact) mass is 497 g/mol. The summed E-state index contributed by atoms with van der Waals surface area (Å²) in [5, 5.41) is 3.08. The van der Waals surface area contributed by atoms with E-state index in [1.165, 1.54) is 26.4 Å². The third-order valence-corrected chi connectivity index (χ3v) is 6.48. The molecule has 4 rings (SSSR count). The Labute approximate surface area is 203 Å². The van der Waals surface area contributed by atoms with Crippen LogP contribution in [0.5, 0.6) is 11.5 Å². The van der Waals surface area contributed by atoms with Gasteiger partial charge in [0, 0.05) is 5.39 Å². The number of para-hydroxylation sites is 1. The van der Waals surface area contributed by atoms with E-state index in [1.807, 2.05) is 19.1 Å². The molecule has 0 radical (unpaired) electrons. The third kappa shape index (κ3) is 4.52.